The van der Waals surface area contributed by atoms with Crippen molar-refractivity contribution in [3.8, 4) is 0 Å². The van der Waals surface area contributed by atoms with Crippen LogP contribution in [0.4, 0.5) is 4.79 Å². The summed E-state index contributed by atoms with van der Waals surface area (Å²) in [4.78, 5) is 13.5. The summed E-state index contributed by atoms with van der Waals surface area (Å²) in [5, 5.41) is 0. The van der Waals surface area contributed by atoms with Crippen molar-refractivity contribution in [3.63, 3.8) is 0 Å². The van der Waals surface area contributed by atoms with Crippen LogP contribution in [0.2, 0.25) is 0 Å². The van der Waals surface area contributed by atoms with Gasteiger partial charge in [-0.2, -0.15) is 0 Å². The minimum Gasteiger partial charge on any atom is -0.444 e. The summed E-state index contributed by atoms with van der Waals surface area (Å²) in [5.74, 6) is 0. The zero-order chi connectivity index (χ0) is 15.2. The van der Waals surface area contributed by atoms with Gasteiger partial charge in [0, 0.05) is 13.6 Å². The molecule has 0 aliphatic heterocycles. The number of hydrogen-bond donors (Lipinski definition) is 0. The molecule has 0 aromatic heterocycles. The monoisotopic (exact) mass is 277 g/mol. The molecule has 0 fully saturated rings. The molecule has 0 radical (unpaired) electrons. The molecule has 0 aliphatic rings. The molecule has 0 spiro atoms. The lowest BCUT2D eigenvalue weighted by atomic mass is 10.1. The first-order valence-electron chi connectivity index (χ1n) is 7.34. The van der Waals surface area contributed by atoms with Gasteiger partial charge in [-0.15, -0.1) is 0 Å². The van der Waals surface area contributed by atoms with Gasteiger partial charge >= 0.3 is 6.09 Å². The molecule has 0 heterocycles. The Balaban J connectivity index is 2.38. The highest BCUT2D eigenvalue weighted by molar-refractivity contribution is 5.67. The van der Waals surface area contributed by atoms with Gasteiger partial charge in [0.05, 0.1) is 0 Å². The Morgan fingerprint density at radius 2 is 1.90 bits per heavy atom. The van der Waals surface area contributed by atoms with Crippen molar-refractivity contribution in [2.45, 2.75) is 52.6 Å². The van der Waals surface area contributed by atoms with Crippen LogP contribution >= 0.6 is 0 Å². The number of aryl methyl sites for hydroxylation is 2. The number of hydrogen-bond acceptors (Lipinski definition) is 2. The van der Waals surface area contributed by atoms with E-state index in [2.05, 4.69) is 31.2 Å². The molecule has 0 aliphatic carbocycles. The Bertz CT molecular complexity index is 435. The van der Waals surface area contributed by atoms with E-state index in [0.717, 1.165) is 19.3 Å². The maximum atomic E-state index is 11.8. The highest BCUT2D eigenvalue weighted by Crippen LogP contribution is 2.11. The summed E-state index contributed by atoms with van der Waals surface area (Å²) >= 11 is 0. The molecule has 1 aromatic rings. The van der Waals surface area contributed by atoms with E-state index in [4.69, 9.17) is 4.74 Å². The topological polar surface area (TPSA) is 29.5 Å². The van der Waals surface area contributed by atoms with Gasteiger partial charge in [0.25, 0.3) is 0 Å². The summed E-state index contributed by atoms with van der Waals surface area (Å²) in [6, 6.07) is 8.64. The van der Waals surface area contributed by atoms with E-state index in [1.165, 1.54) is 11.1 Å². The van der Waals surface area contributed by atoms with Crippen molar-refractivity contribution >= 4 is 6.09 Å². The highest BCUT2D eigenvalue weighted by atomic mass is 16.6. The Kier molecular flexibility index (Phi) is 6.05. The first-order chi connectivity index (χ1) is 9.31. The molecule has 112 valence electrons. The number of carbonyl (C=O) groups excluding carboxylic acids is 1. The number of benzene rings is 1. The molecule has 3 nitrogen and oxygen atoms in total. The predicted molar refractivity (Wildman–Crippen MR) is 83.0 cm³/mol. The summed E-state index contributed by atoms with van der Waals surface area (Å²) in [7, 11) is 1.79. The maximum absolute atomic E-state index is 11.8. The van der Waals surface area contributed by atoms with Crippen LogP contribution in [0, 0.1) is 0 Å². The molecule has 1 aromatic carbocycles. The lowest BCUT2D eigenvalue weighted by molar-refractivity contribution is 0.0297. The lowest BCUT2D eigenvalue weighted by Gasteiger charge is -2.24. The van der Waals surface area contributed by atoms with Crippen molar-refractivity contribution < 1.29 is 9.53 Å². The SMILES string of the molecule is CCc1cccc(CCCN(C)C(=O)OC(C)(C)C)c1. The fraction of sp³-hybridized carbons (Fsp3) is 0.588. The first-order valence-corrected chi connectivity index (χ1v) is 7.34. The molecular weight excluding hydrogens is 250 g/mol. The highest BCUT2D eigenvalue weighted by Gasteiger charge is 2.19. The van der Waals surface area contributed by atoms with Gasteiger partial charge < -0.3 is 9.64 Å². The van der Waals surface area contributed by atoms with Gasteiger partial charge in [0.1, 0.15) is 5.60 Å². The van der Waals surface area contributed by atoms with Crippen molar-refractivity contribution in [2.75, 3.05) is 13.6 Å². The van der Waals surface area contributed by atoms with Crippen molar-refractivity contribution in [1.29, 1.82) is 0 Å². The molecule has 0 saturated heterocycles. The zero-order valence-corrected chi connectivity index (χ0v) is 13.4. The summed E-state index contributed by atoms with van der Waals surface area (Å²) in [6.45, 7) is 8.53. The molecule has 1 rings (SSSR count). The predicted octanol–water partition coefficient (Wildman–Crippen LogP) is 4.05. The molecule has 0 N–H and O–H groups in total. The zero-order valence-electron chi connectivity index (χ0n) is 13.4. The minimum atomic E-state index is -0.430. The average molecular weight is 277 g/mol. The number of nitrogens with zero attached hydrogens (tertiary/aromatic N) is 1. The van der Waals surface area contributed by atoms with Crippen LogP contribution in [0.3, 0.4) is 0 Å². The normalized spacial score (nSPS) is 11.2. The van der Waals surface area contributed by atoms with Crippen LogP contribution in [-0.4, -0.2) is 30.2 Å². The van der Waals surface area contributed by atoms with Gasteiger partial charge in [0.15, 0.2) is 0 Å². The third-order valence-electron chi connectivity index (χ3n) is 3.06. The summed E-state index contributed by atoms with van der Waals surface area (Å²) in [5.41, 5.74) is 2.27. The van der Waals surface area contributed by atoms with E-state index >= 15 is 0 Å². The second kappa shape index (κ2) is 7.32. The molecule has 20 heavy (non-hydrogen) atoms. The van der Waals surface area contributed by atoms with Gasteiger partial charge in [-0.05, 0) is 51.2 Å². The van der Waals surface area contributed by atoms with E-state index in [1.807, 2.05) is 20.8 Å². The summed E-state index contributed by atoms with van der Waals surface area (Å²) < 4.78 is 5.33. The lowest BCUT2D eigenvalue weighted by Crippen LogP contribution is -2.34. The van der Waals surface area contributed by atoms with Crippen molar-refractivity contribution in [3.05, 3.63) is 35.4 Å². The Morgan fingerprint density at radius 1 is 1.25 bits per heavy atom. The second-order valence-electron chi connectivity index (χ2n) is 6.18. The Labute approximate surface area is 122 Å². The molecule has 0 saturated carbocycles. The van der Waals surface area contributed by atoms with E-state index in [9.17, 15) is 4.79 Å². The van der Waals surface area contributed by atoms with Crippen LogP contribution in [0.25, 0.3) is 0 Å². The van der Waals surface area contributed by atoms with Gasteiger partial charge in [-0.1, -0.05) is 31.2 Å². The average Bonchev–Trinajstić information content (AvgIpc) is 2.37. The van der Waals surface area contributed by atoms with E-state index < -0.39 is 5.60 Å². The number of carbonyl (C=O) groups is 1. The third kappa shape index (κ3) is 6.09. The van der Waals surface area contributed by atoms with Gasteiger partial charge in [-0.25, -0.2) is 4.79 Å². The standard InChI is InChI=1S/C17H27NO2/c1-6-14-9-7-10-15(13-14)11-8-12-18(5)16(19)20-17(2,3)4/h7,9-10,13H,6,8,11-12H2,1-5H3. The molecule has 0 bridgehead atoms. The third-order valence-corrected chi connectivity index (χ3v) is 3.06. The fourth-order valence-corrected chi connectivity index (χ4v) is 1.96. The number of amides is 1. The molecule has 1 amide bonds. The van der Waals surface area contributed by atoms with E-state index in [1.54, 1.807) is 11.9 Å². The van der Waals surface area contributed by atoms with E-state index in [-0.39, 0.29) is 6.09 Å². The van der Waals surface area contributed by atoms with Crippen LogP contribution in [0.15, 0.2) is 24.3 Å². The van der Waals surface area contributed by atoms with E-state index in [0.29, 0.717) is 6.54 Å². The van der Waals surface area contributed by atoms with Crippen molar-refractivity contribution in [1.82, 2.24) is 4.90 Å². The number of rotatable bonds is 5. The molecule has 0 unspecified atom stereocenters. The van der Waals surface area contributed by atoms with Gasteiger partial charge in [0.2, 0.25) is 0 Å². The largest absolute Gasteiger partial charge is 0.444 e. The number of ether oxygens (including phenoxy) is 1. The summed E-state index contributed by atoms with van der Waals surface area (Å²) in [6.07, 6.45) is 2.75. The van der Waals surface area contributed by atoms with Gasteiger partial charge in [-0.3, -0.25) is 0 Å². The van der Waals surface area contributed by atoms with Crippen LogP contribution in [-0.2, 0) is 17.6 Å². The van der Waals surface area contributed by atoms with Crippen LogP contribution in [0.5, 0.6) is 0 Å². The second-order valence-corrected chi connectivity index (χ2v) is 6.18. The first kappa shape index (κ1) is 16.5. The smallest absolute Gasteiger partial charge is 0.410 e. The fourth-order valence-electron chi connectivity index (χ4n) is 1.96. The Morgan fingerprint density at radius 3 is 2.50 bits per heavy atom. The molecular formula is C17H27NO2. The van der Waals surface area contributed by atoms with Crippen LogP contribution < -0.4 is 0 Å². The Hall–Kier alpha value is -1.51. The maximum Gasteiger partial charge on any atom is 0.410 e. The van der Waals surface area contributed by atoms with Crippen molar-refractivity contribution in [2.24, 2.45) is 0 Å². The minimum absolute atomic E-state index is 0.250. The molecule has 0 atom stereocenters. The molecule has 3 heteroatoms. The quantitative estimate of drug-likeness (QED) is 0.812. The van der Waals surface area contributed by atoms with Crippen LogP contribution in [0.1, 0.15) is 45.2 Å².